The molecule has 0 bridgehead atoms. The molecule has 2 atom stereocenters. The molecule has 0 fully saturated rings. The van der Waals surface area contributed by atoms with Crippen molar-refractivity contribution < 1.29 is 19.7 Å². The summed E-state index contributed by atoms with van der Waals surface area (Å²) in [6.07, 6.45) is -2.77. The maximum atomic E-state index is 11.5. The van der Waals surface area contributed by atoms with E-state index in [0.717, 1.165) is 11.1 Å². The molecule has 5 heteroatoms. The summed E-state index contributed by atoms with van der Waals surface area (Å²) in [4.78, 5) is 11.5. The summed E-state index contributed by atoms with van der Waals surface area (Å²) in [7, 11) is 0. The summed E-state index contributed by atoms with van der Waals surface area (Å²) < 4.78 is 5.07. The monoisotopic (exact) mass is 295 g/mol. The van der Waals surface area contributed by atoms with Gasteiger partial charge in [-0.1, -0.05) is 29.3 Å². The van der Waals surface area contributed by atoms with Crippen molar-refractivity contribution in [3.05, 3.63) is 34.9 Å². The fourth-order valence-corrected chi connectivity index (χ4v) is 2.02. The molecule has 0 saturated heterocycles. The van der Waals surface area contributed by atoms with Gasteiger partial charge in [0.1, 0.15) is 17.8 Å². The second kappa shape index (κ2) is 6.91. The molecule has 1 aromatic carbocycles. The fraction of sp³-hybridized carbons (Fsp3) is 0.562. The lowest BCUT2D eigenvalue weighted by atomic mass is 10.00. The Morgan fingerprint density at radius 1 is 1.19 bits per heavy atom. The molecule has 21 heavy (non-hydrogen) atoms. The molecule has 0 aliphatic rings. The smallest absolute Gasteiger partial charge is 0.407 e. The van der Waals surface area contributed by atoms with Gasteiger partial charge < -0.3 is 20.3 Å². The standard InChI is InChI=1S/C16H25NO4/c1-10-6-11(2)8-12(7-10)14(19)13(18)9-17-15(20)21-16(3,4)5/h6-8,13-14,18-19H,9H2,1-5H3,(H,17,20). The Morgan fingerprint density at radius 3 is 2.19 bits per heavy atom. The Bertz CT molecular complexity index is 473. The van der Waals surface area contributed by atoms with Gasteiger partial charge in [-0.05, 0) is 40.2 Å². The van der Waals surface area contributed by atoms with E-state index in [2.05, 4.69) is 5.32 Å². The Morgan fingerprint density at radius 2 is 1.71 bits per heavy atom. The minimum Gasteiger partial charge on any atom is -0.444 e. The number of rotatable bonds is 4. The van der Waals surface area contributed by atoms with E-state index in [1.807, 2.05) is 32.0 Å². The number of benzene rings is 1. The second-order valence-corrected chi connectivity index (χ2v) is 6.32. The van der Waals surface area contributed by atoms with Gasteiger partial charge >= 0.3 is 6.09 Å². The van der Waals surface area contributed by atoms with E-state index in [1.165, 1.54) is 0 Å². The molecule has 2 unspecified atom stereocenters. The minimum atomic E-state index is -1.10. The van der Waals surface area contributed by atoms with Crippen molar-refractivity contribution >= 4 is 6.09 Å². The van der Waals surface area contributed by atoms with Crippen LogP contribution in [0, 0.1) is 13.8 Å². The number of alkyl carbamates (subject to hydrolysis) is 1. The first-order valence-corrected chi connectivity index (χ1v) is 6.99. The topological polar surface area (TPSA) is 78.8 Å². The van der Waals surface area contributed by atoms with Gasteiger partial charge in [0.05, 0.1) is 0 Å². The van der Waals surface area contributed by atoms with Crippen molar-refractivity contribution in [3.8, 4) is 0 Å². The minimum absolute atomic E-state index is 0.0803. The number of aryl methyl sites for hydroxylation is 2. The fourth-order valence-electron chi connectivity index (χ4n) is 2.02. The lowest BCUT2D eigenvalue weighted by molar-refractivity contribution is 0.0129. The quantitative estimate of drug-likeness (QED) is 0.796. The Hall–Kier alpha value is -1.59. The zero-order chi connectivity index (χ0) is 16.2. The summed E-state index contributed by atoms with van der Waals surface area (Å²) in [5, 5.41) is 22.6. The first-order valence-electron chi connectivity index (χ1n) is 6.99. The van der Waals surface area contributed by atoms with E-state index in [9.17, 15) is 15.0 Å². The van der Waals surface area contributed by atoms with Gasteiger partial charge in [0.15, 0.2) is 0 Å². The zero-order valence-corrected chi connectivity index (χ0v) is 13.3. The molecule has 0 radical (unpaired) electrons. The lowest BCUT2D eigenvalue weighted by Crippen LogP contribution is -2.38. The number of amides is 1. The summed E-state index contributed by atoms with van der Waals surface area (Å²) >= 11 is 0. The highest BCUT2D eigenvalue weighted by Gasteiger charge is 2.21. The summed E-state index contributed by atoms with van der Waals surface area (Å²) in [5.41, 5.74) is 2.06. The highest BCUT2D eigenvalue weighted by atomic mass is 16.6. The van der Waals surface area contributed by atoms with E-state index >= 15 is 0 Å². The van der Waals surface area contributed by atoms with Gasteiger partial charge in [-0.15, -0.1) is 0 Å². The van der Waals surface area contributed by atoms with Crippen molar-refractivity contribution in [3.63, 3.8) is 0 Å². The van der Waals surface area contributed by atoms with Crippen LogP contribution in [0.25, 0.3) is 0 Å². The van der Waals surface area contributed by atoms with Crippen LogP contribution in [0.1, 0.15) is 43.6 Å². The van der Waals surface area contributed by atoms with Gasteiger partial charge in [-0.3, -0.25) is 0 Å². The highest BCUT2D eigenvalue weighted by molar-refractivity contribution is 5.67. The molecular formula is C16H25NO4. The van der Waals surface area contributed by atoms with Crippen LogP contribution in [0.15, 0.2) is 18.2 Å². The van der Waals surface area contributed by atoms with Gasteiger partial charge in [0, 0.05) is 6.54 Å². The van der Waals surface area contributed by atoms with Crippen molar-refractivity contribution in [2.75, 3.05) is 6.54 Å². The number of ether oxygens (including phenoxy) is 1. The summed E-state index contributed by atoms with van der Waals surface area (Å²) in [5.74, 6) is 0. The van der Waals surface area contributed by atoms with Crippen LogP contribution in [0.3, 0.4) is 0 Å². The lowest BCUT2D eigenvalue weighted by Gasteiger charge is -2.22. The Balaban J connectivity index is 2.58. The van der Waals surface area contributed by atoms with E-state index in [1.54, 1.807) is 20.8 Å². The summed E-state index contributed by atoms with van der Waals surface area (Å²) in [6.45, 7) is 9.04. The molecule has 118 valence electrons. The van der Waals surface area contributed by atoms with Crippen LogP contribution in [-0.4, -0.2) is 34.6 Å². The van der Waals surface area contributed by atoms with Crippen molar-refractivity contribution in [2.24, 2.45) is 0 Å². The third kappa shape index (κ3) is 6.14. The molecule has 1 amide bonds. The van der Waals surface area contributed by atoms with E-state index in [-0.39, 0.29) is 6.54 Å². The van der Waals surface area contributed by atoms with Crippen LogP contribution < -0.4 is 5.32 Å². The van der Waals surface area contributed by atoms with Crippen molar-refractivity contribution in [2.45, 2.75) is 52.4 Å². The maximum absolute atomic E-state index is 11.5. The average molecular weight is 295 g/mol. The molecule has 0 saturated carbocycles. The first-order chi connectivity index (χ1) is 9.58. The third-order valence-electron chi connectivity index (χ3n) is 2.80. The van der Waals surface area contributed by atoms with Gasteiger partial charge in [0.25, 0.3) is 0 Å². The van der Waals surface area contributed by atoms with Crippen LogP contribution in [0.4, 0.5) is 4.79 Å². The van der Waals surface area contributed by atoms with Crippen LogP contribution in [0.2, 0.25) is 0 Å². The van der Waals surface area contributed by atoms with E-state index in [4.69, 9.17) is 4.74 Å². The van der Waals surface area contributed by atoms with Crippen molar-refractivity contribution in [1.29, 1.82) is 0 Å². The number of carbonyl (C=O) groups is 1. The van der Waals surface area contributed by atoms with Gasteiger partial charge in [-0.2, -0.15) is 0 Å². The molecule has 1 aromatic rings. The molecule has 0 aromatic heterocycles. The van der Waals surface area contributed by atoms with Crippen LogP contribution >= 0.6 is 0 Å². The van der Waals surface area contributed by atoms with Crippen LogP contribution in [0.5, 0.6) is 0 Å². The number of carbonyl (C=O) groups excluding carboxylic acids is 1. The van der Waals surface area contributed by atoms with Gasteiger partial charge in [-0.25, -0.2) is 4.79 Å². The summed E-state index contributed by atoms with van der Waals surface area (Å²) in [6, 6.07) is 5.62. The number of aliphatic hydroxyl groups is 2. The molecule has 5 nitrogen and oxygen atoms in total. The SMILES string of the molecule is Cc1cc(C)cc(C(O)C(O)CNC(=O)OC(C)(C)C)c1. The zero-order valence-electron chi connectivity index (χ0n) is 13.3. The number of hydrogen-bond acceptors (Lipinski definition) is 4. The molecular weight excluding hydrogens is 270 g/mol. The Labute approximate surface area is 125 Å². The number of nitrogens with one attached hydrogen (secondary N) is 1. The van der Waals surface area contributed by atoms with Crippen molar-refractivity contribution in [1.82, 2.24) is 5.32 Å². The molecule has 0 aliphatic heterocycles. The molecule has 0 aliphatic carbocycles. The third-order valence-corrected chi connectivity index (χ3v) is 2.80. The molecule has 3 N–H and O–H groups in total. The maximum Gasteiger partial charge on any atom is 0.407 e. The second-order valence-electron chi connectivity index (χ2n) is 6.32. The predicted molar refractivity (Wildman–Crippen MR) is 81.1 cm³/mol. The van der Waals surface area contributed by atoms with E-state index in [0.29, 0.717) is 5.56 Å². The highest BCUT2D eigenvalue weighted by Crippen LogP contribution is 2.20. The van der Waals surface area contributed by atoms with Crippen LogP contribution in [-0.2, 0) is 4.74 Å². The average Bonchev–Trinajstić information content (AvgIpc) is 2.31. The molecule has 1 rings (SSSR count). The molecule has 0 heterocycles. The normalized spacial score (nSPS) is 14.4. The van der Waals surface area contributed by atoms with E-state index < -0.39 is 23.9 Å². The largest absolute Gasteiger partial charge is 0.444 e. The molecule has 0 spiro atoms. The predicted octanol–water partition coefficient (Wildman–Crippen LogP) is 2.22. The van der Waals surface area contributed by atoms with Gasteiger partial charge in [0.2, 0.25) is 0 Å². The number of aliphatic hydroxyl groups excluding tert-OH is 2. The first kappa shape index (κ1) is 17.5. The Kier molecular flexibility index (Phi) is 5.75. The number of hydrogen-bond donors (Lipinski definition) is 3.